The van der Waals surface area contributed by atoms with Crippen molar-refractivity contribution in [3.05, 3.63) is 29.8 Å². The quantitative estimate of drug-likeness (QED) is 0.639. The molecule has 0 radical (unpaired) electrons. The maximum Gasteiger partial charge on any atom is 0.322 e. The number of aromatic hydroxyl groups is 1. The predicted molar refractivity (Wildman–Crippen MR) is 79.1 cm³/mol. The molecule has 0 bridgehead atoms. The average Bonchev–Trinajstić information content (AvgIpc) is 3.19. The Hall–Kier alpha value is -1.64. The van der Waals surface area contributed by atoms with Crippen molar-refractivity contribution in [1.29, 1.82) is 0 Å². The second-order valence-electron chi connectivity index (χ2n) is 5.50. The van der Waals surface area contributed by atoms with E-state index < -0.39 is 26.8 Å². The first-order valence-corrected chi connectivity index (χ1v) is 8.29. The predicted octanol–water partition coefficient (Wildman–Crippen LogP) is 0.486. The number of ether oxygens (including phenoxy) is 1. The molecule has 2 rings (SSSR count). The van der Waals surface area contributed by atoms with Crippen LogP contribution in [0.4, 0.5) is 0 Å². The van der Waals surface area contributed by atoms with Gasteiger partial charge in [0.25, 0.3) is 0 Å². The van der Waals surface area contributed by atoms with Crippen molar-refractivity contribution in [3.8, 4) is 5.75 Å². The molecule has 1 aromatic rings. The lowest BCUT2D eigenvalue weighted by molar-refractivity contribution is -0.138. The number of rotatable bonds is 8. The van der Waals surface area contributed by atoms with Gasteiger partial charge in [-0.05, 0) is 37.0 Å². The number of hydrogen-bond donors (Lipinski definition) is 3. The third-order valence-corrected chi connectivity index (χ3v) is 5.99. The largest absolute Gasteiger partial charge is 0.508 e. The number of benzene rings is 1. The highest BCUT2D eigenvalue weighted by Crippen LogP contribution is 2.43. The highest BCUT2D eigenvalue weighted by Gasteiger charge is 2.55. The second-order valence-corrected chi connectivity index (χ2v) is 7.61. The molecule has 0 saturated heterocycles. The summed E-state index contributed by atoms with van der Waals surface area (Å²) in [6.45, 7) is 0.0425. The first kappa shape index (κ1) is 16.7. The van der Waals surface area contributed by atoms with Gasteiger partial charge in [-0.3, -0.25) is 4.79 Å². The minimum Gasteiger partial charge on any atom is -0.508 e. The van der Waals surface area contributed by atoms with Crippen molar-refractivity contribution >= 4 is 16.0 Å². The molecule has 0 spiro atoms. The van der Waals surface area contributed by atoms with Gasteiger partial charge >= 0.3 is 5.97 Å². The summed E-state index contributed by atoms with van der Waals surface area (Å²) in [6, 6.07) is 4.78. The summed E-state index contributed by atoms with van der Waals surface area (Å²) in [4.78, 5) is 11.4. The van der Waals surface area contributed by atoms with Gasteiger partial charge in [0.2, 0.25) is 10.0 Å². The number of phenolic OH excluding ortho intramolecular Hbond substituents is 1. The van der Waals surface area contributed by atoms with Crippen LogP contribution in [0.3, 0.4) is 0 Å². The van der Waals surface area contributed by atoms with Crippen LogP contribution in [0, 0.1) is 0 Å². The van der Waals surface area contributed by atoms with E-state index in [-0.39, 0.29) is 18.8 Å². The Balaban J connectivity index is 2.14. The third-order valence-electron chi connectivity index (χ3n) is 3.73. The Bertz CT molecular complexity index is 653. The molecule has 1 atom stereocenters. The van der Waals surface area contributed by atoms with E-state index in [1.807, 2.05) is 0 Å². The number of nitrogens with one attached hydrogen (secondary N) is 1. The van der Waals surface area contributed by atoms with Gasteiger partial charge in [0.15, 0.2) is 0 Å². The molecule has 0 aliphatic heterocycles. The Kier molecular flexibility index (Phi) is 4.74. The van der Waals surface area contributed by atoms with Crippen LogP contribution >= 0.6 is 0 Å². The monoisotopic (exact) mass is 329 g/mol. The summed E-state index contributed by atoms with van der Waals surface area (Å²) in [5.41, 5.74) is 0.534. The number of carbonyl (C=O) groups is 1. The highest BCUT2D eigenvalue weighted by atomic mass is 32.2. The molecule has 0 aromatic heterocycles. The van der Waals surface area contributed by atoms with Crippen LogP contribution in [0.1, 0.15) is 18.4 Å². The van der Waals surface area contributed by atoms with Crippen LogP contribution in [0.25, 0.3) is 0 Å². The van der Waals surface area contributed by atoms with Gasteiger partial charge in [-0.1, -0.05) is 12.1 Å². The number of hydrogen-bond acceptors (Lipinski definition) is 5. The zero-order valence-electron chi connectivity index (χ0n) is 12.2. The van der Waals surface area contributed by atoms with Crippen molar-refractivity contribution in [1.82, 2.24) is 4.72 Å². The van der Waals surface area contributed by atoms with Gasteiger partial charge in [-0.25, -0.2) is 13.1 Å². The lowest BCUT2D eigenvalue weighted by Crippen LogP contribution is -2.48. The average molecular weight is 329 g/mol. The van der Waals surface area contributed by atoms with E-state index in [2.05, 4.69) is 4.72 Å². The van der Waals surface area contributed by atoms with Gasteiger partial charge in [-0.15, -0.1) is 0 Å². The second kappa shape index (κ2) is 6.23. The Morgan fingerprint density at radius 3 is 2.64 bits per heavy atom. The summed E-state index contributed by atoms with van der Waals surface area (Å²) in [6.07, 6.45) is 0.856. The lowest BCUT2D eigenvalue weighted by atomic mass is 10.1. The van der Waals surface area contributed by atoms with Crippen molar-refractivity contribution in [3.63, 3.8) is 0 Å². The van der Waals surface area contributed by atoms with E-state index in [0.717, 1.165) is 0 Å². The summed E-state index contributed by atoms with van der Waals surface area (Å²) in [7, 11) is -2.39. The molecule has 7 nitrogen and oxygen atoms in total. The van der Waals surface area contributed by atoms with E-state index in [1.165, 1.54) is 19.2 Å². The summed E-state index contributed by atoms with van der Waals surface area (Å²) in [5, 5.41) is 18.7. The van der Waals surface area contributed by atoms with Crippen molar-refractivity contribution in [2.45, 2.75) is 30.1 Å². The number of aliphatic carboxylic acids is 1. The molecule has 1 aliphatic carbocycles. The molecule has 1 saturated carbocycles. The van der Waals surface area contributed by atoms with Gasteiger partial charge < -0.3 is 14.9 Å². The van der Waals surface area contributed by atoms with Crippen molar-refractivity contribution in [2.24, 2.45) is 0 Å². The number of methoxy groups -OCH3 is 1. The minimum absolute atomic E-state index is 0.00235. The zero-order chi connectivity index (χ0) is 16.4. The number of carboxylic acids is 1. The SMILES string of the molecule is COCC1(S(=O)(=O)NC(Cc2cccc(O)c2)C(=O)O)CC1. The van der Waals surface area contributed by atoms with E-state index in [9.17, 15) is 23.4 Å². The van der Waals surface area contributed by atoms with Crippen LogP contribution in [0.2, 0.25) is 0 Å². The summed E-state index contributed by atoms with van der Waals surface area (Å²) in [5.74, 6) is -1.26. The molecule has 1 fully saturated rings. The molecular weight excluding hydrogens is 310 g/mol. The zero-order valence-corrected chi connectivity index (χ0v) is 13.0. The topological polar surface area (TPSA) is 113 Å². The molecule has 1 aliphatic rings. The maximum absolute atomic E-state index is 12.4. The summed E-state index contributed by atoms with van der Waals surface area (Å²) >= 11 is 0. The molecule has 0 amide bonds. The Labute approximate surface area is 129 Å². The fraction of sp³-hybridized carbons (Fsp3) is 0.500. The summed E-state index contributed by atoms with van der Waals surface area (Å²) < 4.78 is 30.9. The van der Waals surface area contributed by atoms with Crippen molar-refractivity contribution < 1.29 is 28.2 Å². The third kappa shape index (κ3) is 3.57. The first-order valence-electron chi connectivity index (χ1n) is 6.81. The fourth-order valence-electron chi connectivity index (χ4n) is 2.30. The normalized spacial score (nSPS) is 17.9. The Morgan fingerprint density at radius 1 is 1.45 bits per heavy atom. The van der Waals surface area contributed by atoms with Crippen LogP contribution in [0.15, 0.2) is 24.3 Å². The molecule has 22 heavy (non-hydrogen) atoms. The molecule has 122 valence electrons. The highest BCUT2D eigenvalue weighted by molar-refractivity contribution is 7.91. The van der Waals surface area contributed by atoms with Crippen LogP contribution in [0.5, 0.6) is 5.75 Å². The maximum atomic E-state index is 12.4. The standard InChI is InChI=1S/C14H19NO6S/c1-21-9-14(5-6-14)22(19,20)15-12(13(17)18)8-10-3-2-4-11(16)7-10/h2-4,7,12,15-16H,5-6,8-9H2,1H3,(H,17,18). The van der Waals surface area contributed by atoms with Gasteiger partial charge in [-0.2, -0.15) is 0 Å². The van der Waals surface area contributed by atoms with Crippen molar-refractivity contribution in [2.75, 3.05) is 13.7 Å². The van der Waals surface area contributed by atoms with Gasteiger partial charge in [0, 0.05) is 7.11 Å². The molecule has 8 heteroatoms. The fourth-order valence-corrected chi connectivity index (χ4v) is 4.03. The van der Waals surface area contributed by atoms with Crippen LogP contribution < -0.4 is 4.72 Å². The number of phenols is 1. The molecule has 3 N–H and O–H groups in total. The first-order chi connectivity index (χ1) is 10.3. The molecular formula is C14H19NO6S. The van der Waals surface area contributed by atoms with E-state index in [1.54, 1.807) is 12.1 Å². The van der Waals surface area contributed by atoms with Gasteiger partial charge in [0.1, 0.15) is 16.5 Å². The van der Waals surface area contributed by atoms with Gasteiger partial charge in [0.05, 0.1) is 6.61 Å². The molecule has 1 unspecified atom stereocenters. The van der Waals surface area contributed by atoms with E-state index in [4.69, 9.17) is 4.74 Å². The molecule has 1 aromatic carbocycles. The number of carboxylic acid groups (broad SMARTS) is 1. The minimum atomic E-state index is -3.80. The smallest absolute Gasteiger partial charge is 0.322 e. The van der Waals surface area contributed by atoms with E-state index >= 15 is 0 Å². The van der Waals surface area contributed by atoms with Crippen LogP contribution in [-0.4, -0.2) is 49.1 Å². The molecule has 0 heterocycles. The van der Waals surface area contributed by atoms with Crippen LogP contribution in [-0.2, 0) is 26.0 Å². The lowest BCUT2D eigenvalue weighted by Gasteiger charge is -2.20. The van der Waals surface area contributed by atoms with E-state index in [0.29, 0.717) is 18.4 Å². The number of sulfonamides is 1. The Morgan fingerprint density at radius 2 is 2.14 bits per heavy atom.